The number of aryl methyl sites for hydroxylation is 1. The second kappa shape index (κ2) is 6.53. The Balaban J connectivity index is 1.58. The Kier molecular flexibility index (Phi) is 4.29. The van der Waals surface area contributed by atoms with Crippen LogP contribution in [0.25, 0.3) is 10.6 Å². The number of rotatable bonds is 5. The Hall–Kier alpha value is -2.47. The van der Waals surface area contributed by atoms with Crippen molar-refractivity contribution in [1.29, 1.82) is 0 Å². The SMILES string of the molecule is Cn1cc(CCOC(=O)c2csc(-c3ccccc3)n2)cn1. The van der Waals surface area contributed by atoms with Gasteiger partial charge in [0, 0.05) is 30.6 Å². The van der Waals surface area contributed by atoms with Gasteiger partial charge in [-0.05, 0) is 5.56 Å². The molecule has 1 aromatic carbocycles. The third-order valence-corrected chi connectivity index (χ3v) is 4.01. The first-order valence-corrected chi connectivity index (χ1v) is 7.76. The van der Waals surface area contributed by atoms with Crippen LogP contribution in [0.4, 0.5) is 0 Å². The molecule has 0 N–H and O–H groups in total. The van der Waals surface area contributed by atoms with Gasteiger partial charge in [-0.1, -0.05) is 30.3 Å². The van der Waals surface area contributed by atoms with Crippen molar-refractivity contribution in [2.75, 3.05) is 6.61 Å². The standard InChI is InChI=1S/C16H15N3O2S/c1-19-10-12(9-17-19)7-8-21-16(20)14-11-22-15(18-14)13-5-3-2-4-6-13/h2-6,9-11H,7-8H2,1H3. The van der Waals surface area contributed by atoms with Crippen molar-refractivity contribution in [3.05, 3.63) is 59.4 Å². The smallest absolute Gasteiger partial charge is 0.357 e. The van der Waals surface area contributed by atoms with Crippen LogP contribution in [0, 0.1) is 0 Å². The predicted octanol–water partition coefficient (Wildman–Crippen LogP) is 2.94. The molecule has 5 nitrogen and oxygen atoms in total. The molecule has 0 spiro atoms. The molecule has 3 rings (SSSR count). The number of aromatic nitrogens is 3. The fourth-order valence-corrected chi connectivity index (χ4v) is 2.81. The van der Waals surface area contributed by atoms with Crippen LogP contribution >= 0.6 is 11.3 Å². The van der Waals surface area contributed by atoms with E-state index in [0.29, 0.717) is 18.7 Å². The van der Waals surface area contributed by atoms with Crippen molar-refractivity contribution in [2.24, 2.45) is 7.05 Å². The van der Waals surface area contributed by atoms with Gasteiger partial charge in [-0.25, -0.2) is 9.78 Å². The highest BCUT2D eigenvalue weighted by Gasteiger charge is 2.13. The summed E-state index contributed by atoms with van der Waals surface area (Å²) in [6.07, 6.45) is 4.32. The summed E-state index contributed by atoms with van der Waals surface area (Å²) in [5.74, 6) is -0.387. The average molecular weight is 313 g/mol. The van der Waals surface area contributed by atoms with E-state index in [1.807, 2.05) is 43.6 Å². The predicted molar refractivity (Wildman–Crippen MR) is 84.7 cm³/mol. The van der Waals surface area contributed by atoms with Gasteiger partial charge in [0.1, 0.15) is 5.01 Å². The van der Waals surface area contributed by atoms with Crippen LogP contribution in [0.15, 0.2) is 48.1 Å². The second-order valence-corrected chi connectivity index (χ2v) is 5.67. The van der Waals surface area contributed by atoms with E-state index in [2.05, 4.69) is 10.1 Å². The van der Waals surface area contributed by atoms with E-state index < -0.39 is 0 Å². The van der Waals surface area contributed by atoms with E-state index >= 15 is 0 Å². The highest BCUT2D eigenvalue weighted by Crippen LogP contribution is 2.23. The fourth-order valence-electron chi connectivity index (χ4n) is 2.02. The monoisotopic (exact) mass is 313 g/mol. The first kappa shape index (κ1) is 14.5. The number of benzene rings is 1. The van der Waals surface area contributed by atoms with Crippen LogP contribution in [-0.4, -0.2) is 27.3 Å². The molecule has 22 heavy (non-hydrogen) atoms. The topological polar surface area (TPSA) is 57.0 Å². The van der Waals surface area contributed by atoms with E-state index in [0.717, 1.165) is 16.1 Å². The van der Waals surface area contributed by atoms with E-state index in [1.54, 1.807) is 16.3 Å². The zero-order valence-corrected chi connectivity index (χ0v) is 12.9. The third kappa shape index (κ3) is 3.40. The Morgan fingerprint density at radius 1 is 1.32 bits per heavy atom. The van der Waals surface area contributed by atoms with Gasteiger partial charge in [-0.3, -0.25) is 4.68 Å². The molecule has 0 radical (unpaired) electrons. The summed E-state index contributed by atoms with van der Waals surface area (Å²) < 4.78 is 6.98. The summed E-state index contributed by atoms with van der Waals surface area (Å²) in [6, 6.07) is 9.78. The average Bonchev–Trinajstić information content (AvgIpc) is 3.17. The van der Waals surface area contributed by atoms with Crippen molar-refractivity contribution in [2.45, 2.75) is 6.42 Å². The first-order chi connectivity index (χ1) is 10.7. The Labute approximate surface area is 132 Å². The summed E-state index contributed by atoms with van der Waals surface area (Å²) in [5, 5.41) is 6.63. The maximum Gasteiger partial charge on any atom is 0.357 e. The zero-order chi connectivity index (χ0) is 15.4. The molecule has 2 heterocycles. The lowest BCUT2D eigenvalue weighted by Crippen LogP contribution is -2.08. The fraction of sp³-hybridized carbons (Fsp3) is 0.188. The van der Waals surface area contributed by atoms with Crippen LogP contribution in [0.2, 0.25) is 0 Å². The molecule has 0 aliphatic heterocycles. The molecule has 0 atom stereocenters. The van der Waals surface area contributed by atoms with Gasteiger partial charge in [0.25, 0.3) is 0 Å². The molecular formula is C16H15N3O2S. The van der Waals surface area contributed by atoms with Crippen molar-refractivity contribution < 1.29 is 9.53 Å². The van der Waals surface area contributed by atoms with Gasteiger partial charge < -0.3 is 4.74 Å². The lowest BCUT2D eigenvalue weighted by Gasteiger charge is -2.01. The molecule has 0 bridgehead atoms. The highest BCUT2D eigenvalue weighted by atomic mass is 32.1. The molecule has 0 saturated carbocycles. The van der Waals surface area contributed by atoms with Crippen LogP contribution in [0.3, 0.4) is 0 Å². The molecule has 0 unspecified atom stereocenters. The Morgan fingerprint density at radius 2 is 2.14 bits per heavy atom. The molecular weight excluding hydrogens is 298 g/mol. The first-order valence-electron chi connectivity index (χ1n) is 6.88. The number of hydrogen-bond acceptors (Lipinski definition) is 5. The van der Waals surface area contributed by atoms with E-state index in [4.69, 9.17) is 4.74 Å². The Bertz CT molecular complexity index is 765. The van der Waals surface area contributed by atoms with Crippen LogP contribution < -0.4 is 0 Å². The molecule has 0 fully saturated rings. The number of hydrogen-bond donors (Lipinski definition) is 0. The van der Waals surface area contributed by atoms with E-state index in [1.165, 1.54) is 11.3 Å². The highest BCUT2D eigenvalue weighted by molar-refractivity contribution is 7.13. The van der Waals surface area contributed by atoms with Gasteiger partial charge in [0.2, 0.25) is 0 Å². The van der Waals surface area contributed by atoms with E-state index in [9.17, 15) is 4.79 Å². The molecule has 6 heteroatoms. The Morgan fingerprint density at radius 3 is 2.86 bits per heavy atom. The largest absolute Gasteiger partial charge is 0.461 e. The van der Waals surface area contributed by atoms with Crippen LogP contribution in [0.5, 0.6) is 0 Å². The van der Waals surface area contributed by atoms with Gasteiger partial charge in [0.15, 0.2) is 5.69 Å². The summed E-state index contributed by atoms with van der Waals surface area (Å²) in [7, 11) is 1.86. The van der Waals surface area contributed by atoms with Gasteiger partial charge in [-0.15, -0.1) is 11.3 Å². The number of ether oxygens (including phenoxy) is 1. The lowest BCUT2D eigenvalue weighted by molar-refractivity contribution is 0.0503. The van der Waals surface area contributed by atoms with E-state index in [-0.39, 0.29) is 5.97 Å². The van der Waals surface area contributed by atoms with Crippen molar-refractivity contribution >= 4 is 17.3 Å². The molecule has 0 aliphatic rings. The molecule has 3 aromatic rings. The quantitative estimate of drug-likeness (QED) is 0.680. The molecule has 0 amide bonds. The normalized spacial score (nSPS) is 10.6. The minimum atomic E-state index is -0.387. The number of carbonyl (C=O) groups excluding carboxylic acids is 1. The van der Waals surface area contributed by atoms with Crippen molar-refractivity contribution in [3.63, 3.8) is 0 Å². The van der Waals surface area contributed by atoms with Gasteiger partial charge >= 0.3 is 5.97 Å². The summed E-state index contributed by atoms with van der Waals surface area (Å²) >= 11 is 1.44. The van der Waals surface area contributed by atoms with Crippen LogP contribution in [-0.2, 0) is 18.2 Å². The van der Waals surface area contributed by atoms with Gasteiger partial charge in [-0.2, -0.15) is 5.10 Å². The molecule has 0 aliphatic carbocycles. The third-order valence-electron chi connectivity index (χ3n) is 3.12. The van der Waals surface area contributed by atoms with Crippen LogP contribution in [0.1, 0.15) is 16.1 Å². The maximum absolute atomic E-state index is 12.0. The minimum absolute atomic E-state index is 0.322. The number of carbonyl (C=O) groups is 1. The lowest BCUT2D eigenvalue weighted by atomic mass is 10.2. The van der Waals surface area contributed by atoms with Crippen molar-refractivity contribution in [3.8, 4) is 10.6 Å². The van der Waals surface area contributed by atoms with Gasteiger partial charge in [0.05, 0.1) is 12.8 Å². The number of esters is 1. The molecule has 2 aromatic heterocycles. The summed E-state index contributed by atoms with van der Waals surface area (Å²) in [5.41, 5.74) is 2.40. The zero-order valence-electron chi connectivity index (χ0n) is 12.1. The second-order valence-electron chi connectivity index (χ2n) is 4.81. The minimum Gasteiger partial charge on any atom is -0.461 e. The molecule has 112 valence electrons. The number of nitrogens with zero attached hydrogens (tertiary/aromatic N) is 3. The number of thiazole rings is 1. The summed E-state index contributed by atoms with van der Waals surface area (Å²) in [6.45, 7) is 0.322. The summed E-state index contributed by atoms with van der Waals surface area (Å²) in [4.78, 5) is 16.3. The molecule has 0 saturated heterocycles. The maximum atomic E-state index is 12.0. The van der Waals surface area contributed by atoms with Crippen molar-refractivity contribution in [1.82, 2.24) is 14.8 Å².